The maximum Gasteiger partial charge on any atom is 0.416 e. The molecule has 5 nitrogen and oxygen atoms in total. The molecule has 0 bridgehead atoms. The normalized spacial score (nSPS) is 11.9. The van der Waals surface area contributed by atoms with E-state index in [2.05, 4.69) is 0 Å². The zero-order chi connectivity index (χ0) is 27.2. The maximum atomic E-state index is 13.0. The number of ether oxygens (including phenoxy) is 3. The molecular weight excluding hydrogens is 504 g/mol. The van der Waals surface area contributed by atoms with Crippen molar-refractivity contribution < 1.29 is 45.3 Å². The molecule has 3 aromatic carbocycles. The number of anilines is 1. The number of hydrogen-bond donors (Lipinski definition) is 1. The van der Waals surface area contributed by atoms with E-state index in [1.165, 1.54) is 32.4 Å². The highest BCUT2D eigenvalue weighted by Gasteiger charge is 2.37. The zero-order valence-electron chi connectivity index (χ0n) is 19.5. The maximum absolute atomic E-state index is 13.0. The number of benzene rings is 3. The van der Waals surface area contributed by atoms with Gasteiger partial charge in [-0.3, -0.25) is 4.79 Å². The summed E-state index contributed by atoms with van der Waals surface area (Å²) >= 11 is 0. The summed E-state index contributed by atoms with van der Waals surface area (Å²) < 4.78 is 94.8. The number of methoxy groups -OCH3 is 2. The standard InChI is InChI=1S/C26H21F6NO4/c1-35-21-10-17(11-22(36-2)24(21)37-15-16-6-4-3-5-7-16)8-9-23(34)33-20-13-18(25(27,28)29)12-19(14-20)26(30,31)32/h3-14H,15H2,1-2H3,(H,33,34). The summed E-state index contributed by atoms with van der Waals surface area (Å²) in [6.07, 6.45) is -7.83. The largest absolute Gasteiger partial charge is 0.493 e. The summed E-state index contributed by atoms with van der Waals surface area (Å²) in [5.74, 6) is -0.0834. The summed E-state index contributed by atoms with van der Waals surface area (Å²) in [5, 5.41) is 2.03. The molecular formula is C26H21F6NO4. The molecule has 37 heavy (non-hydrogen) atoms. The lowest BCUT2D eigenvalue weighted by molar-refractivity contribution is -0.143. The van der Waals surface area contributed by atoms with E-state index in [1.807, 2.05) is 35.6 Å². The minimum Gasteiger partial charge on any atom is -0.493 e. The monoisotopic (exact) mass is 525 g/mol. The van der Waals surface area contributed by atoms with Gasteiger partial charge in [0.15, 0.2) is 11.5 Å². The summed E-state index contributed by atoms with van der Waals surface area (Å²) in [6, 6.07) is 13.2. The van der Waals surface area contributed by atoms with Crippen molar-refractivity contribution in [1.29, 1.82) is 0 Å². The van der Waals surface area contributed by atoms with E-state index < -0.39 is 35.1 Å². The van der Waals surface area contributed by atoms with Gasteiger partial charge >= 0.3 is 12.4 Å². The van der Waals surface area contributed by atoms with Crippen molar-refractivity contribution in [2.45, 2.75) is 19.0 Å². The van der Waals surface area contributed by atoms with Crippen LogP contribution in [0, 0.1) is 0 Å². The van der Waals surface area contributed by atoms with Gasteiger partial charge in [0, 0.05) is 11.8 Å². The highest BCUT2D eigenvalue weighted by molar-refractivity contribution is 6.02. The third-order valence-electron chi connectivity index (χ3n) is 4.99. The molecule has 3 rings (SSSR count). The van der Waals surface area contributed by atoms with E-state index in [9.17, 15) is 31.1 Å². The van der Waals surface area contributed by atoms with Gasteiger partial charge in [-0.2, -0.15) is 26.3 Å². The molecule has 196 valence electrons. The van der Waals surface area contributed by atoms with E-state index in [0.717, 1.165) is 11.6 Å². The van der Waals surface area contributed by atoms with Crippen LogP contribution in [0.1, 0.15) is 22.3 Å². The van der Waals surface area contributed by atoms with E-state index in [4.69, 9.17) is 14.2 Å². The van der Waals surface area contributed by atoms with E-state index in [-0.39, 0.29) is 24.2 Å². The van der Waals surface area contributed by atoms with Crippen molar-refractivity contribution >= 4 is 17.7 Å². The summed E-state index contributed by atoms with van der Waals surface area (Å²) in [5.41, 5.74) is -2.44. The Morgan fingerprint density at radius 1 is 0.838 bits per heavy atom. The molecule has 11 heteroatoms. The van der Waals surface area contributed by atoms with Crippen molar-refractivity contribution in [2.75, 3.05) is 19.5 Å². The average Bonchev–Trinajstić information content (AvgIpc) is 2.85. The van der Waals surface area contributed by atoms with Crippen molar-refractivity contribution in [2.24, 2.45) is 0 Å². The quantitative estimate of drug-likeness (QED) is 0.255. The number of alkyl halides is 6. The number of nitrogens with one attached hydrogen (secondary N) is 1. The molecule has 1 N–H and O–H groups in total. The van der Waals surface area contributed by atoms with Crippen LogP contribution in [0.15, 0.2) is 66.7 Å². The molecule has 0 aliphatic heterocycles. The second-order valence-corrected chi connectivity index (χ2v) is 7.65. The Hall–Kier alpha value is -4.15. The molecule has 0 fully saturated rings. The molecule has 0 saturated heterocycles. The molecule has 0 heterocycles. The number of halogens is 6. The predicted octanol–water partition coefficient (Wildman–Crippen LogP) is 6.97. The van der Waals surface area contributed by atoms with Crippen LogP contribution in [0.2, 0.25) is 0 Å². The second kappa shape index (κ2) is 11.3. The molecule has 0 saturated carbocycles. The van der Waals surface area contributed by atoms with Crippen LogP contribution in [0.4, 0.5) is 32.0 Å². The van der Waals surface area contributed by atoms with E-state index >= 15 is 0 Å². The average molecular weight is 525 g/mol. The molecule has 1 amide bonds. The first-order valence-electron chi connectivity index (χ1n) is 10.6. The Morgan fingerprint density at radius 3 is 1.86 bits per heavy atom. The van der Waals surface area contributed by atoms with Crippen LogP contribution in [0.25, 0.3) is 6.08 Å². The van der Waals surface area contributed by atoms with Crippen LogP contribution in [0.3, 0.4) is 0 Å². The third kappa shape index (κ3) is 7.42. The fourth-order valence-corrected chi connectivity index (χ4v) is 3.25. The van der Waals surface area contributed by atoms with Crippen LogP contribution in [-0.4, -0.2) is 20.1 Å². The molecule has 0 atom stereocenters. The van der Waals surface area contributed by atoms with Crippen LogP contribution >= 0.6 is 0 Å². The Balaban J connectivity index is 1.81. The van der Waals surface area contributed by atoms with Gasteiger partial charge in [0.1, 0.15) is 6.61 Å². The Bertz CT molecular complexity index is 1210. The number of carbonyl (C=O) groups excluding carboxylic acids is 1. The molecule has 0 unspecified atom stereocenters. The summed E-state index contributed by atoms with van der Waals surface area (Å²) in [6.45, 7) is 0.224. The van der Waals surface area contributed by atoms with Gasteiger partial charge in [-0.15, -0.1) is 0 Å². The van der Waals surface area contributed by atoms with E-state index in [0.29, 0.717) is 23.4 Å². The first kappa shape index (κ1) is 27.4. The molecule has 0 aliphatic rings. The number of amides is 1. The number of hydrogen-bond acceptors (Lipinski definition) is 4. The lowest BCUT2D eigenvalue weighted by Crippen LogP contribution is -2.14. The predicted molar refractivity (Wildman–Crippen MR) is 124 cm³/mol. The van der Waals surface area contributed by atoms with Crippen molar-refractivity contribution in [3.8, 4) is 17.2 Å². The Labute approximate surface area is 208 Å². The topological polar surface area (TPSA) is 56.8 Å². The first-order chi connectivity index (χ1) is 17.4. The fraction of sp³-hybridized carbons (Fsp3) is 0.192. The highest BCUT2D eigenvalue weighted by atomic mass is 19.4. The van der Waals surface area contributed by atoms with Crippen LogP contribution < -0.4 is 19.5 Å². The first-order valence-corrected chi connectivity index (χ1v) is 10.6. The van der Waals surface area contributed by atoms with Gasteiger partial charge < -0.3 is 19.5 Å². The highest BCUT2D eigenvalue weighted by Crippen LogP contribution is 2.40. The summed E-state index contributed by atoms with van der Waals surface area (Å²) in [7, 11) is 2.80. The minimum atomic E-state index is -5.03. The molecule has 0 spiro atoms. The Morgan fingerprint density at radius 2 is 1.38 bits per heavy atom. The van der Waals surface area contributed by atoms with Gasteiger partial charge in [-0.05, 0) is 47.5 Å². The summed E-state index contributed by atoms with van der Waals surface area (Å²) in [4.78, 5) is 12.3. The van der Waals surface area contributed by atoms with Crippen molar-refractivity contribution in [3.63, 3.8) is 0 Å². The number of rotatable bonds is 8. The van der Waals surface area contributed by atoms with Gasteiger partial charge in [-0.1, -0.05) is 30.3 Å². The van der Waals surface area contributed by atoms with Crippen molar-refractivity contribution in [1.82, 2.24) is 0 Å². The lowest BCUT2D eigenvalue weighted by Gasteiger charge is -2.15. The third-order valence-corrected chi connectivity index (χ3v) is 4.99. The fourth-order valence-electron chi connectivity index (χ4n) is 3.25. The lowest BCUT2D eigenvalue weighted by atomic mass is 10.1. The SMILES string of the molecule is COc1cc(C=CC(=O)Nc2cc(C(F)(F)F)cc(C(F)(F)F)c2)cc(OC)c1OCc1ccccc1. The van der Waals surface area contributed by atoms with E-state index in [1.54, 1.807) is 0 Å². The molecule has 3 aromatic rings. The smallest absolute Gasteiger partial charge is 0.416 e. The second-order valence-electron chi connectivity index (χ2n) is 7.65. The molecule has 0 aromatic heterocycles. The number of carbonyl (C=O) groups is 1. The zero-order valence-corrected chi connectivity index (χ0v) is 19.5. The van der Waals surface area contributed by atoms with Gasteiger partial charge in [0.25, 0.3) is 0 Å². The van der Waals surface area contributed by atoms with Gasteiger partial charge in [-0.25, -0.2) is 0 Å². The van der Waals surface area contributed by atoms with Crippen LogP contribution in [-0.2, 0) is 23.8 Å². The van der Waals surface area contributed by atoms with Gasteiger partial charge in [0.05, 0.1) is 25.3 Å². The molecule has 0 aliphatic carbocycles. The van der Waals surface area contributed by atoms with Gasteiger partial charge in [0.2, 0.25) is 11.7 Å². The Kier molecular flexibility index (Phi) is 8.36. The van der Waals surface area contributed by atoms with Crippen LogP contribution in [0.5, 0.6) is 17.2 Å². The molecule has 0 radical (unpaired) electrons. The minimum absolute atomic E-state index is 0.0224. The van der Waals surface area contributed by atoms with Crippen molar-refractivity contribution in [3.05, 3.63) is 89.0 Å².